The van der Waals surface area contributed by atoms with Gasteiger partial charge in [-0.05, 0) is 44.0 Å². The van der Waals surface area contributed by atoms with Gasteiger partial charge in [0, 0.05) is 17.9 Å². The molecule has 7 heteroatoms. The van der Waals surface area contributed by atoms with Crippen LogP contribution in [0.25, 0.3) is 0 Å². The van der Waals surface area contributed by atoms with Gasteiger partial charge in [-0.1, -0.05) is 11.2 Å². The Labute approximate surface area is 144 Å². The second kappa shape index (κ2) is 7.36. The van der Waals surface area contributed by atoms with E-state index in [0.717, 1.165) is 29.1 Å². The van der Waals surface area contributed by atoms with Crippen molar-refractivity contribution in [1.82, 2.24) is 10.5 Å². The van der Waals surface area contributed by atoms with E-state index in [1.165, 1.54) is 11.8 Å². The topological polar surface area (TPSA) is 67.2 Å². The molecule has 3 rings (SSSR count). The number of hydrogen-bond acceptors (Lipinski definition) is 5. The largest absolute Gasteiger partial charge is 0.361 e. The second-order valence-electron chi connectivity index (χ2n) is 5.84. The number of fused-ring (bicyclic) bond motifs is 1. The second-order valence-corrected chi connectivity index (χ2v) is 6.82. The van der Waals surface area contributed by atoms with Crippen LogP contribution in [0.1, 0.15) is 28.1 Å². The minimum atomic E-state index is -0.307. The number of anilines is 1. The van der Waals surface area contributed by atoms with Crippen molar-refractivity contribution in [3.05, 3.63) is 46.1 Å². The van der Waals surface area contributed by atoms with Crippen LogP contribution in [-0.4, -0.2) is 23.4 Å². The lowest BCUT2D eigenvalue weighted by molar-refractivity contribution is -0.113. The number of carbonyl (C=O) groups excluding carboxylic acids is 1. The molecule has 0 saturated carbocycles. The summed E-state index contributed by atoms with van der Waals surface area (Å²) in [5.74, 6) is 1.15. The van der Waals surface area contributed by atoms with Crippen LogP contribution in [-0.2, 0) is 23.5 Å². The molecule has 24 heavy (non-hydrogen) atoms. The highest BCUT2D eigenvalue weighted by molar-refractivity contribution is 7.99. The molecule has 0 radical (unpaired) electrons. The molecule has 0 saturated heterocycles. The first-order valence-corrected chi connectivity index (χ1v) is 9.02. The van der Waals surface area contributed by atoms with Crippen molar-refractivity contribution in [2.75, 3.05) is 17.6 Å². The molecule has 5 nitrogen and oxygen atoms in total. The van der Waals surface area contributed by atoms with Crippen molar-refractivity contribution >= 4 is 23.4 Å². The summed E-state index contributed by atoms with van der Waals surface area (Å²) in [7, 11) is 0. The van der Waals surface area contributed by atoms with E-state index in [9.17, 15) is 9.18 Å². The van der Waals surface area contributed by atoms with Gasteiger partial charge in [-0.2, -0.15) is 0 Å². The van der Waals surface area contributed by atoms with E-state index in [4.69, 9.17) is 4.52 Å². The van der Waals surface area contributed by atoms with Gasteiger partial charge >= 0.3 is 0 Å². The van der Waals surface area contributed by atoms with E-state index in [1.807, 2.05) is 19.9 Å². The molecule has 0 bridgehead atoms. The van der Waals surface area contributed by atoms with Gasteiger partial charge in [-0.3, -0.25) is 4.79 Å². The van der Waals surface area contributed by atoms with Crippen LogP contribution in [0.5, 0.6) is 0 Å². The Hall–Kier alpha value is -1.86. The van der Waals surface area contributed by atoms with E-state index in [1.54, 1.807) is 6.07 Å². The van der Waals surface area contributed by atoms with Gasteiger partial charge in [0.05, 0.1) is 17.1 Å². The molecule has 1 aliphatic rings. The number of thioether (sulfide) groups is 1. The number of halogens is 1. The Morgan fingerprint density at radius 3 is 3.04 bits per heavy atom. The number of amides is 1. The minimum Gasteiger partial charge on any atom is -0.361 e. The van der Waals surface area contributed by atoms with Crippen LogP contribution in [0.4, 0.5) is 10.1 Å². The summed E-state index contributed by atoms with van der Waals surface area (Å²) in [5, 5.41) is 9.77. The molecule has 2 aromatic rings. The Kier molecular flexibility index (Phi) is 5.20. The van der Waals surface area contributed by atoms with Gasteiger partial charge in [0.2, 0.25) is 5.91 Å². The highest BCUT2D eigenvalue weighted by atomic mass is 32.2. The molecule has 1 aromatic heterocycles. The lowest BCUT2D eigenvalue weighted by Crippen LogP contribution is -2.25. The standard InChI is InChI=1S/C17H20FN3O2S/c1-10-14(11(2)23-21-10)8-24-9-16(22)20-15-4-3-12-7-19-6-5-13(12)17(15)18/h3-4,19H,5-9H2,1-2H3,(H,20,22). The maximum atomic E-state index is 14.5. The summed E-state index contributed by atoms with van der Waals surface area (Å²) in [4.78, 5) is 12.1. The average Bonchev–Trinajstić information content (AvgIpc) is 2.89. The number of rotatable bonds is 5. The van der Waals surface area contributed by atoms with Crippen LogP contribution in [0, 0.1) is 19.7 Å². The molecular weight excluding hydrogens is 329 g/mol. The Morgan fingerprint density at radius 2 is 2.29 bits per heavy atom. The summed E-state index contributed by atoms with van der Waals surface area (Å²) >= 11 is 1.46. The maximum Gasteiger partial charge on any atom is 0.234 e. The van der Waals surface area contributed by atoms with Gasteiger partial charge in [-0.25, -0.2) is 4.39 Å². The van der Waals surface area contributed by atoms with Gasteiger partial charge < -0.3 is 15.2 Å². The number of aromatic nitrogens is 1. The fraction of sp³-hybridized carbons (Fsp3) is 0.412. The number of benzene rings is 1. The monoisotopic (exact) mass is 349 g/mol. The van der Waals surface area contributed by atoms with E-state index >= 15 is 0 Å². The summed E-state index contributed by atoms with van der Waals surface area (Å²) in [6.45, 7) is 5.17. The summed E-state index contributed by atoms with van der Waals surface area (Å²) in [6.07, 6.45) is 0.645. The van der Waals surface area contributed by atoms with Gasteiger partial charge in [0.15, 0.2) is 0 Å². The fourth-order valence-electron chi connectivity index (χ4n) is 2.77. The third-order valence-electron chi connectivity index (χ3n) is 4.14. The first-order valence-electron chi connectivity index (χ1n) is 7.86. The third-order valence-corrected chi connectivity index (χ3v) is 5.10. The molecule has 0 aliphatic carbocycles. The molecule has 1 aromatic carbocycles. The van der Waals surface area contributed by atoms with Crippen LogP contribution < -0.4 is 10.6 Å². The number of hydrogen-bond donors (Lipinski definition) is 2. The molecule has 0 unspecified atom stereocenters. The number of nitrogens with zero attached hydrogens (tertiary/aromatic N) is 1. The van der Waals surface area contributed by atoms with Crippen LogP contribution in [0.2, 0.25) is 0 Å². The molecule has 2 N–H and O–H groups in total. The van der Waals surface area contributed by atoms with Crippen molar-refractivity contribution in [3.63, 3.8) is 0 Å². The Balaban J connectivity index is 1.57. The molecule has 1 aliphatic heterocycles. The van der Waals surface area contributed by atoms with Crippen LogP contribution in [0.15, 0.2) is 16.7 Å². The lowest BCUT2D eigenvalue weighted by atomic mass is 9.99. The average molecular weight is 349 g/mol. The molecule has 2 heterocycles. The van der Waals surface area contributed by atoms with Gasteiger partial charge in [0.1, 0.15) is 11.6 Å². The normalized spacial score (nSPS) is 13.6. The fourth-order valence-corrected chi connectivity index (χ4v) is 3.75. The molecule has 0 spiro atoms. The zero-order chi connectivity index (χ0) is 17.1. The number of carbonyl (C=O) groups is 1. The third kappa shape index (κ3) is 3.62. The smallest absolute Gasteiger partial charge is 0.234 e. The zero-order valence-electron chi connectivity index (χ0n) is 13.7. The molecule has 1 amide bonds. The van der Waals surface area contributed by atoms with Crippen molar-refractivity contribution in [2.45, 2.75) is 32.6 Å². The SMILES string of the molecule is Cc1noc(C)c1CSCC(=O)Nc1ccc2c(c1F)CCNC2. The first-order chi connectivity index (χ1) is 11.6. The van der Waals surface area contributed by atoms with Crippen molar-refractivity contribution < 1.29 is 13.7 Å². The Bertz CT molecular complexity index is 741. The predicted octanol–water partition coefficient (Wildman–Crippen LogP) is 2.95. The van der Waals surface area contributed by atoms with Crippen LogP contribution in [0.3, 0.4) is 0 Å². The van der Waals surface area contributed by atoms with Crippen LogP contribution >= 0.6 is 11.8 Å². The summed E-state index contributed by atoms with van der Waals surface area (Å²) in [6, 6.07) is 3.51. The predicted molar refractivity (Wildman–Crippen MR) is 92.6 cm³/mol. The maximum absolute atomic E-state index is 14.5. The zero-order valence-corrected chi connectivity index (χ0v) is 14.6. The van der Waals surface area contributed by atoms with E-state index in [-0.39, 0.29) is 23.2 Å². The van der Waals surface area contributed by atoms with Gasteiger partial charge in [-0.15, -0.1) is 11.8 Å². The molecule has 128 valence electrons. The summed E-state index contributed by atoms with van der Waals surface area (Å²) in [5.41, 5.74) is 3.79. The minimum absolute atomic E-state index is 0.209. The van der Waals surface area contributed by atoms with Crippen molar-refractivity contribution in [3.8, 4) is 0 Å². The molecule has 0 atom stereocenters. The van der Waals surface area contributed by atoms with E-state index in [0.29, 0.717) is 24.3 Å². The lowest BCUT2D eigenvalue weighted by Gasteiger charge is -2.19. The molecular formula is C17H20FN3O2S. The summed E-state index contributed by atoms with van der Waals surface area (Å²) < 4.78 is 19.6. The highest BCUT2D eigenvalue weighted by Crippen LogP contribution is 2.25. The number of nitrogens with one attached hydrogen (secondary N) is 2. The molecule has 0 fully saturated rings. The van der Waals surface area contributed by atoms with Crippen molar-refractivity contribution in [2.24, 2.45) is 0 Å². The van der Waals surface area contributed by atoms with Gasteiger partial charge in [0.25, 0.3) is 0 Å². The van der Waals surface area contributed by atoms with Crippen molar-refractivity contribution in [1.29, 1.82) is 0 Å². The Morgan fingerprint density at radius 1 is 1.46 bits per heavy atom. The highest BCUT2D eigenvalue weighted by Gasteiger charge is 2.17. The van der Waals surface area contributed by atoms with E-state index < -0.39 is 0 Å². The quantitative estimate of drug-likeness (QED) is 0.869. The number of aryl methyl sites for hydroxylation is 2. The first kappa shape index (κ1) is 17.0. The van der Waals surface area contributed by atoms with E-state index in [2.05, 4.69) is 15.8 Å².